The molecule has 31 heavy (non-hydrogen) atoms. The van der Waals surface area contributed by atoms with Gasteiger partial charge in [-0.1, -0.05) is 42.8 Å². The Bertz CT molecular complexity index is 1050. The quantitative estimate of drug-likeness (QED) is 0.487. The van der Waals surface area contributed by atoms with Crippen molar-refractivity contribution < 1.29 is 24.2 Å². The molecule has 0 radical (unpaired) electrons. The third kappa shape index (κ3) is 5.75. The number of hydrogen-bond donors (Lipinski definition) is 1. The van der Waals surface area contributed by atoms with Gasteiger partial charge < -0.3 is 19.1 Å². The van der Waals surface area contributed by atoms with E-state index in [-0.39, 0.29) is 5.78 Å². The number of carboxylic acids is 1. The Morgan fingerprint density at radius 2 is 1.77 bits per heavy atom. The summed E-state index contributed by atoms with van der Waals surface area (Å²) in [6.45, 7) is 6.37. The Morgan fingerprint density at radius 1 is 1.06 bits per heavy atom. The fourth-order valence-corrected chi connectivity index (χ4v) is 3.15. The van der Waals surface area contributed by atoms with Gasteiger partial charge in [0.1, 0.15) is 18.1 Å². The van der Waals surface area contributed by atoms with E-state index < -0.39 is 12.1 Å². The predicted octanol–water partition coefficient (Wildman–Crippen LogP) is 4.52. The molecule has 3 aromatic rings. The first-order valence-corrected chi connectivity index (χ1v) is 10.3. The standard InChI is InChI=1S/C25H27NO5/c1-4-19-14-23(24(27)20-10-8-17(2)9-11-20)26(16-19)12-13-30-21-6-5-7-22(15-21)31-18(3)25(28)29/h5-11,14-16,18H,4,12-13H2,1-3H3,(H,28,29)/t18-/m0/s1. The van der Waals surface area contributed by atoms with Gasteiger partial charge in [-0.15, -0.1) is 0 Å². The van der Waals surface area contributed by atoms with Gasteiger partial charge in [0.25, 0.3) is 0 Å². The first-order chi connectivity index (χ1) is 14.9. The van der Waals surface area contributed by atoms with E-state index in [4.69, 9.17) is 14.6 Å². The van der Waals surface area contributed by atoms with E-state index in [0.717, 1.165) is 17.5 Å². The second-order valence-electron chi connectivity index (χ2n) is 7.40. The highest BCUT2D eigenvalue weighted by Crippen LogP contribution is 2.21. The molecule has 6 nitrogen and oxygen atoms in total. The summed E-state index contributed by atoms with van der Waals surface area (Å²) in [6.07, 6.45) is 1.88. The number of nitrogens with zero attached hydrogens (tertiary/aromatic N) is 1. The molecule has 0 unspecified atom stereocenters. The zero-order valence-corrected chi connectivity index (χ0v) is 18.0. The molecular weight excluding hydrogens is 394 g/mol. The molecule has 0 saturated carbocycles. The molecule has 0 amide bonds. The molecule has 0 aliphatic carbocycles. The van der Waals surface area contributed by atoms with Crippen LogP contribution in [-0.4, -0.2) is 34.1 Å². The number of benzene rings is 2. The van der Waals surface area contributed by atoms with Gasteiger partial charge in [0.2, 0.25) is 5.78 Å². The lowest BCUT2D eigenvalue weighted by Crippen LogP contribution is -2.22. The molecule has 3 rings (SSSR count). The maximum Gasteiger partial charge on any atom is 0.344 e. The molecule has 162 valence electrons. The molecule has 1 atom stereocenters. The molecule has 1 N–H and O–H groups in total. The van der Waals surface area contributed by atoms with E-state index in [1.807, 2.05) is 48.0 Å². The number of carbonyl (C=O) groups is 2. The van der Waals surface area contributed by atoms with E-state index in [9.17, 15) is 9.59 Å². The smallest absolute Gasteiger partial charge is 0.344 e. The maximum absolute atomic E-state index is 13.0. The average molecular weight is 421 g/mol. The van der Waals surface area contributed by atoms with Crippen molar-refractivity contribution in [3.8, 4) is 11.5 Å². The number of rotatable bonds is 10. The molecule has 2 aromatic carbocycles. The average Bonchev–Trinajstić information content (AvgIpc) is 3.17. The second-order valence-corrected chi connectivity index (χ2v) is 7.40. The van der Waals surface area contributed by atoms with Crippen molar-refractivity contribution in [3.63, 3.8) is 0 Å². The van der Waals surface area contributed by atoms with Crippen molar-refractivity contribution in [1.82, 2.24) is 4.57 Å². The number of carbonyl (C=O) groups excluding carboxylic acids is 1. The molecule has 0 fully saturated rings. The Kier molecular flexibility index (Phi) is 7.13. The van der Waals surface area contributed by atoms with Crippen molar-refractivity contribution >= 4 is 11.8 Å². The molecule has 0 aliphatic heterocycles. The maximum atomic E-state index is 13.0. The highest BCUT2D eigenvalue weighted by molar-refractivity contribution is 6.08. The van der Waals surface area contributed by atoms with Crippen LogP contribution in [0, 0.1) is 6.92 Å². The van der Waals surface area contributed by atoms with E-state index >= 15 is 0 Å². The summed E-state index contributed by atoms with van der Waals surface area (Å²) in [5, 5.41) is 8.98. The number of aryl methyl sites for hydroxylation is 2. The second kappa shape index (κ2) is 9.98. The minimum Gasteiger partial charge on any atom is -0.492 e. The van der Waals surface area contributed by atoms with Crippen LogP contribution in [0.5, 0.6) is 11.5 Å². The summed E-state index contributed by atoms with van der Waals surface area (Å²) in [5.41, 5.74) is 3.50. The minimum absolute atomic E-state index is 0.0160. The summed E-state index contributed by atoms with van der Waals surface area (Å²) in [4.78, 5) is 24.0. The fourth-order valence-electron chi connectivity index (χ4n) is 3.15. The van der Waals surface area contributed by atoms with Crippen molar-refractivity contribution in [2.45, 2.75) is 39.8 Å². The largest absolute Gasteiger partial charge is 0.492 e. The van der Waals surface area contributed by atoms with E-state index in [1.165, 1.54) is 6.92 Å². The van der Waals surface area contributed by atoms with Gasteiger partial charge in [-0.25, -0.2) is 4.79 Å². The first kappa shape index (κ1) is 22.2. The molecule has 0 aliphatic rings. The van der Waals surface area contributed by atoms with Gasteiger partial charge in [-0.3, -0.25) is 4.79 Å². The fraction of sp³-hybridized carbons (Fsp3) is 0.280. The first-order valence-electron chi connectivity index (χ1n) is 10.3. The molecule has 0 bridgehead atoms. The SMILES string of the molecule is CCc1cc(C(=O)c2ccc(C)cc2)n(CCOc2cccc(O[C@@H](C)C(=O)O)c2)c1. The number of aliphatic carboxylic acids is 1. The van der Waals surface area contributed by atoms with Crippen LogP contribution in [0.4, 0.5) is 0 Å². The van der Waals surface area contributed by atoms with Crippen LogP contribution in [0.3, 0.4) is 0 Å². The van der Waals surface area contributed by atoms with Crippen LogP contribution in [0.2, 0.25) is 0 Å². The number of ether oxygens (including phenoxy) is 2. The van der Waals surface area contributed by atoms with Gasteiger partial charge in [0.05, 0.1) is 12.2 Å². The Morgan fingerprint density at radius 3 is 2.45 bits per heavy atom. The summed E-state index contributed by atoms with van der Waals surface area (Å²) in [7, 11) is 0. The summed E-state index contributed by atoms with van der Waals surface area (Å²) >= 11 is 0. The highest BCUT2D eigenvalue weighted by Gasteiger charge is 2.16. The normalized spacial score (nSPS) is 11.7. The van der Waals surface area contributed by atoms with Gasteiger partial charge in [0, 0.05) is 17.8 Å². The molecule has 1 heterocycles. The number of aromatic nitrogens is 1. The third-order valence-electron chi connectivity index (χ3n) is 4.97. The highest BCUT2D eigenvalue weighted by atomic mass is 16.5. The van der Waals surface area contributed by atoms with Gasteiger partial charge in [-0.2, -0.15) is 0 Å². The van der Waals surface area contributed by atoms with E-state index in [2.05, 4.69) is 6.92 Å². The molecule has 0 spiro atoms. The molecule has 0 saturated heterocycles. The van der Waals surface area contributed by atoms with Crippen LogP contribution in [0.25, 0.3) is 0 Å². The molecule has 1 aromatic heterocycles. The van der Waals surface area contributed by atoms with Crippen LogP contribution in [0.15, 0.2) is 60.8 Å². The molecule has 6 heteroatoms. The predicted molar refractivity (Wildman–Crippen MR) is 118 cm³/mol. The summed E-state index contributed by atoms with van der Waals surface area (Å²) in [6, 6.07) is 16.4. The van der Waals surface area contributed by atoms with Crippen LogP contribution in [-0.2, 0) is 17.8 Å². The Hall–Kier alpha value is -3.54. The lowest BCUT2D eigenvalue weighted by Gasteiger charge is -2.13. The summed E-state index contributed by atoms with van der Waals surface area (Å²) < 4.78 is 13.1. The Labute approximate surface area is 182 Å². The topological polar surface area (TPSA) is 77.8 Å². The lowest BCUT2D eigenvalue weighted by molar-refractivity contribution is -0.144. The number of carboxylic acid groups (broad SMARTS) is 1. The van der Waals surface area contributed by atoms with Crippen LogP contribution in [0.1, 0.15) is 41.0 Å². The minimum atomic E-state index is -1.03. The Balaban J connectivity index is 1.68. The zero-order valence-electron chi connectivity index (χ0n) is 18.0. The van der Waals surface area contributed by atoms with E-state index in [0.29, 0.717) is 35.9 Å². The third-order valence-corrected chi connectivity index (χ3v) is 4.97. The van der Waals surface area contributed by atoms with E-state index in [1.54, 1.807) is 24.3 Å². The van der Waals surface area contributed by atoms with Crippen molar-refractivity contribution in [3.05, 3.63) is 83.2 Å². The van der Waals surface area contributed by atoms with Crippen molar-refractivity contribution in [1.29, 1.82) is 0 Å². The lowest BCUT2D eigenvalue weighted by atomic mass is 10.1. The molecular formula is C25H27NO5. The van der Waals surface area contributed by atoms with Crippen molar-refractivity contribution in [2.75, 3.05) is 6.61 Å². The van der Waals surface area contributed by atoms with Crippen LogP contribution >= 0.6 is 0 Å². The van der Waals surface area contributed by atoms with Crippen molar-refractivity contribution in [2.24, 2.45) is 0 Å². The zero-order chi connectivity index (χ0) is 22.4. The van der Waals surface area contributed by atoms with Crippen LogP contribution < -0.4 is 9.47 Å². The number of ketones is 1. The van der Waals surface area contributed by atoms with Gasteiger partial charge in [0.15, 0.2) is 6.10 Å². The summed E-state index contributed by atoms with van der Waals surface area (Å²) in [5.74, 6) is -0.0459. The number of hydrogen-bond acceptors (Lipinski definition) is 4. The van der Waals surface area contributed by atoms with Gasteiger partial charge in [-0.05, 0) is 44.0 Å². The monoisotopic (exact) mass is 421 g/mol. The van der Waals surface area contributed by atoms with Gasteiger partial charge >= 0.3 is 5.97 Å².